The summed E-state index contributed by atoms with van der Waals surface area (Å²) in [5, 5.41) is 3.55. The predicted octanol–water partition coefficient (Wildman–Crippen LogP) is 3.32. The zero-order valence-electron chi connectivity index (χ0n) is 13.8. The van der Waals surface area contributed by atoms with Gasteiger partial charge >= 0.3 is 0 Å². The first-order valence-corrected chi connectivity index (χ1v) is 8.10. The Morgan fingerprint density at radius 1 is 0.958 bits per heavy atom. The summed E-state index contributed by atoms with van der Waals surface area (Å²) >= 11 is 0. The predicted molar refractivity (Wildman–Crippen MR) is 96.2 cm³/mol. The molecule has 2 heterocycles. The topological polar surface area (TPSA) is 63.8 Å². The van der Waals surface area contributed by atoms with Crippen molar-refractivity contribution in [3.05, 3.63) is 95.6 Å². The molecule has 4 nitrogen and oxygen atoms in total. The summed E-state index contributed by atoms with van der Waals surface area (Å²) in [5.41, 5.74) is 10.8. The molecule has 0 aliphatic rings. The van der Waals surface area contributed by atoms with E-state index in [9.17, 15) is 0 Å². The number of rotatable bonds is 6. The van der Waals surface area contributed by atoms with Gasteiger partial charge in [-0.05, 0) is 36.8 Å². The molecule has 3 rings (SSSR count). The van der Waals surface area contributed by atoms with Crippen molar-refractivity contribution in [3.63, 3.8) is 0 Å². The summed E-state index contributed by atoms with van der Waals surface area (Å²) in [6.45, 7) is 2.74. The van der Waals surface area contributed by atoms with Crippen LogP contribution in [0.1, 0.15) is 34.6 Å². The molecule has 0 radical (unpaired) electrons. The van der Waals surface area contributed by atoms with Gasteiger partial charge in [0.25, 0.3) is 0 Å². The Hall–Kier alpha value is -2.56. The van der Waals surface area contributed by atoms with Gasteiger partial charge < -0.3 is 11.1 Å². The Kier molecular flexibility index (Phi) is 5.31. The van der Waals surface area contributed by atoms with E-state index in [-0.39, 0.29) is 12.1 Å². The standard InChI is InChI=1S/C20H22N4/c1-15-7-6-8-16(13-15)20(19(21)18-10-3-5-12-23-18)24-14-17-9-2-4-11-22-17/h2-13,19-20,24H,14,21H2,1H3. The van der Waals surface area contributed by atoms with Crippen LogP contribution in [-0.4, -0.2) is 9.97 Å². The lowest BCUT2D eigenvalue weighted by Crippen LogP contribution is -2.32. The second kappa shape index (κ2) is 7.81. The maximum atomic E-state index is 6.54. The SMILES string of the molecule is Cc1cccc(C(NCc2ccccn2)C(N)c2ccccn2)c1. The highest BCUT2D eigenvalue weighted by atomic mass is 15.0. The van der Waals surface area contributed by atoms with Gasteiger partial charge in [-0.1, -0.05) is 42.0 Å². The van der Waals surface area contributed by atoms with E-state index in [1.54, 1.807) is 12.4 Å². The molecule has 0 aliphatic carbocycles. The lowest BCUT2D eigenvalue weighted by atomic mass is 9.95. The molecule has 0 amide bonds. The molecule has 0 aliphatic heterocycles. The maximum Gasteiger partial charge on any atom is 0.0668 e. The molecule has 2 unspecified atom stereocenters. The van der Waals surface area contributed by atoms with Crippen molar-refractivity contribution in [2.75, 3.05) is 0 Å². The molecule has 2 aromatic heterocycles. The Balaban J connectivity index is 1.86. The van der Waals surface area contributed by atoms with Gasteiger partial charge in [-0.25, -0.2) is 0 Å². The summed E-state index contributed by atoms with van der Waals surface area (Å²) in [6.07, 6.45) is 3.58. The van der Waals surface area contributed by atoms with Crippen molar-refractivity contribution in [2.24, 2.45) is 5.73 Å². The van der Waals surface area contributed by atoms with E-state index in [2.05, 4.69) is 46.5 Å². The van der Waals surface area contributed by atoms with Crippen molar-refractivity contribution >= 4 is 0 Å². The van der Waals surface area contributed by atoms with Crippen molar-refractivity contribution in [1.29, 1.82) is 0 Å². The van der Waals surface area contributed by atoms with Gasteiger partial charge in [-0.15, -0.1) is 0 Å². The molecular weight excluding hydrogens is 296 g/mol. The zero-order valence-corrected chi connectivity index (χ0v) is 13.8. The minimum absolute atomic E-state index is 0.0400. The third-order valence-electron chi connectivity index (χ3n) is 4.02. The third kappa shape index (κ3) is 4.04. The minimum Gasteiger partial charge on any atom is -0.321 e. The molecule has 4 heteroatoms. The third-order valence-corrected chi connectivity index (χ3v) is 4.02. The van der Waals surface area contributed by atoms with Gasteiger partial charge in [0.1, 0.15) is 0 Å². The maximum absolute atomic E-state index is 6.54. The lowest BCUT2D eigenvalue weighted by molar-refractivity contribution is 0.442. The summed E-state index contributed by atoms with van der Waals surface area (Å²) < 4.78 is 0. The fraction of sp³-hybridized carbons (Fsp3) is 0.200. The van der Waals surface area contributed by atoms with E-state index >= 15 is 0 Å². The number of nitrogens with zero attached hydrogens (tertiary/aromatic N) is 2. The van der Waals surface area contributed by atoms with E-state index in [0.717, 1.165) is 17.0 Å². The number of aromatic nitrogens is 2. The largest absolute Gasteiger partial charge is 0.321 e. The molecule has 1 aromatic carbocycles. The Labute approximate surface area is 142 Å². The number of nitrogens with one attached hydrogen (secondary N) is 1. The van der Waals surface area contributed by atoms with Crippen LogP contribution in [0.3, 0.4) is 0 Å². The lowest BCUT2D eigenvalue weighted by Gasteiger charge is -2.25. The van der Waals surface area contributed by atoms with E-state index in [1.165, 1.54) is 5.56 Å². The van der Waals surface area contributed by atoms with E-state index in [0.29, 0.717) is 6.54 Å². The summed E-state index contributed by atoms with van der Waals surface area (Å²) in [7, 11) is 0. The van der Waals surface area contributed by atoms with Crippen LogP contribution < -0.4 is 11.1 Å². The molecule has 2 atom stereocenters. The first-order valence-electron chi connectivity index (χ1n) is 8.10. The smallest absolute Gasteiger partial charge is 0.0668 e. The van der Waals surface area contributed by atoms with Gasteiger partial charge in [-0.3, -0.25) is 9.97 Å². The van der Waals surface area contributed by atoms with Gasteiger partial charge in [0.05, 0.1) is 23.5 Å². The monoisotopic (exact) mass is 318 g/mol. The van der Waals surface area contributed by atoms with Crippen LogP contribution in [0.5, 0.6) is 0 Å². The normalized spacial score (nSPS) is 13.4. The Morgan fingerprint density at radius 3 is 2.42 bits per heavy atom. The highest BCUT2D eigenvalue weighted by Crippen LogP contribution is 2.26. The van der Waals surface area contributed by atoms with Crippen LogP contribution >= 0.6 is 0 Å². The van der Waals surface area contributed by atoms with Gasteiger partial charge in [-0.2, -0.15) is 0 Å². The fourth-order valence-electron chi connectivity index (χ4n) is 2.78. The van der Waals surface area contributed by atoms with Crippen molar-refractivity contribution in [2.45, 2.75) is 25.6 Å². The van der Waals surface area contributed by atoms with Crippen molar-refractivity contribution in [1.82, 2.24) is 15.3 Å². The first-order chi connectivity index (χ1) is 11.7. The molecule has 0 bridgehead atoms. The molecule has 0 saturated carbocycles. The molecule has 3 N–H and O–H groups in total. The minimum atomic E-state index is -0.239. The summed E-state index contributed by atoms with van der Waals surface area (Å²) in [6, 6.07) is 19.9. The van der Waals surface area contributed by atoms with Crippen LogP contribution in [0.4, 0.5) is 0 Å². The molecule has 0 spiro atoms. The number of hydrogen-bond acceptors (Lipinski definition) is 4. The van der Waals surface area contributed by atoms with Crippen molar-refractivity contribution in [3.8, 4) is 0 Å². The summed E-state index contributed by atoms with van der Waals surface area (Å²) in [4.78, 5) is 8.80. The number of hydrogen-bond donors (Lipinski definition) is 2. The second-order valence-electron chi connectivity index (χ2n) is 5.87. The highest BCUT2D eigenvalue weighted by molar-refractivity contribution is 5.28. The molecule has 122 valence electrons. The van der Waals surface area contributed by atoms with Gasteiger partial charge in [0.15, 0.2) is 0 Å². The average molecular weight is 318 g/mol. The van der Waals surface area contributed by atoms with Gasteiger partial charge in [0.2, 0.25) is 0 Å². The average Bonchev–Trinajstić information content (AvgIpc) is 2.63. The van der Waals surface area contributed by atoms with Crippen LogP contribution in [0.15, 0.2) is 73.1 Å². The van der Waals surface area contributed by atoms with E-state index in [1.807, 2.05) is 36.4 Å². The molecule has 0 saturated heterocycles. The van der Waals surface area contributed by atoms with Crippen LogP contribution in [0.25, 0.3) is 0 Å². The van der Waals surface area contributed by atoms with Crippen LogP contribution in [0.2, 0.25) is 0 Å². The second-order valence-corrected chi connectivity index (χ2v) is 5.87. The van der Waals surface area contributed by atoms with Crippen LogP contribution in [0, 0.1) is 6.92 Å². The van der Waals surface area contributed by atoms with Crippen molar-refractivity contribution < 1.29 is 0 Å². The number of nitrogens with two attached hydrogens (primary N) is 1. The molecule has 24 heavy (non-hydrogen) atoms. The number of benzene rings is 1. The van der Waals surface area contributed by atoms with E-state index < -0.39 is 0 Å². The van der Waals surface area contributed by atoms with Gasteiger partial charge in [0, 0.05) is 18.9 Å². The fourth-order valence-corrected chi connectivity index (χ4v) is 2.78. The van der Waals surface area contributed by atoms with Crippen LogP contribution in [-0.2, 0) is 6.54 Å². The molecule has 3 aromatic rings. The zero-order chi connectivity index (χ0) is 16.8. The Morgan fingerprint density at radius 2 is 1.75 bits per heavy atom. The number of pyridine rings is 2. The molecule has 0 fully saturated rings. The molecular formula is C20H22N4. The Bertz CT molecular complexity index is 759. The first kappa shape index (κ1) is 16.3. The number of aryl methyl sites for hydroxylation is 1. The summed E-state index contributed by atoms with van der Waals surface area (Å²) in [5.74, 6) is 0. The highest BCUT2D eigenvalue weighted by Gasteiger charge is 2.22. The van der Waals surface area contributed by atoms with E-state index in [4.69, 9.17) is 5.73 Å². The quantitative estimate of drug-likeness (QED) is 0.732.